The molecule has 6 heteroatoms. The van der Waals surface area contributed by atoms with Gasteiger partial charge in [0.2, 0.25) is 5.91 Å². The maximum atomic E-state index is 12.1. The average molecular weight is 352 g/mol. The molecular weight excluding hydrogens is 334 g/mol. The van der Waals surface area contributed by atoms with Crippen LogP contribution in [-0.4, -0.2) is 20.1 Å². The van der Waals surface area contributed by atoms with E-state index in [1.807, 2.05) is 37.3 Å². The van der Waals surface area contributed by atoms with E-state index in [9.17, 15) is 13.2 Å². The van der Waals surface area contributed by atoms with Crippen molar-refractivity contribution in [3.8, 4) is 0 Å². The van der Waals surface area contributed by atoms with Gasteiger partial charge in [-0.15, -0.1) is 0 Å². The fourth-order valence-electron chi connectivity index (χ4n) is 2.19. The number of nitrogens with one attached hydrogen (secondary N) is 1. The molecule has 2 aromatic carbocycles. The second kappa shape index (κ2) is 7.62. The van der Waals surface area contributed by atoms with Crippen LogP contribution in [0.1, 0.15) is 24.1 Å². The first-order chi connectivity index (χ1) is 10.9. The molecule has 0 spiro atoms. The van der Waals surface area contributed by atoms with E-state index in [1.54, 1.807) is 24.3 Å². The van der Waals surface area contributed by atoms with Gasteiger partial charge in [0, 0.05) is 5.02 Å². The average Bonchev–Trinajstić information content (AvgIpc) is 2.49. The Labute approximate surface area is 141 Å². The minimum absolute atomic E-state index is 0.183. The summed E-state index contributed by atoms with van der Waals surface area (Å²) in [4.78, 5) is 12.0. The van der Waals surface area contributed by atoms with Crippen molar-refractivity contribution in [1.29, 1.82) is 0 Å². The lowest BCUT2D eigenvalue weighted by Crippen LogP contribution is -2.32. The van der Waals surface area contributed by atoms with Gasteiger partial charge in [0.15, 0.2) is 9.84 Å². The zero-order chi connectivity index (χ0) is 16.9. The highest BCUT2D eigenvalue weighted by Crippen LogP contribution is 2.14. The van der Waals surface area contributed by atoms with Gasteiger partial charge < -0.3 is 5.32 Å². The van der Waals surface area contributed by atoms with Gasteiger partial charge in [-0.05, 0) is 30.2 Å². The van der Waals surface area contributed by atoms with E-state index in [-0.39, 0.29) is 11.8 Å². The van der Waals surface area contributed by atoms with E-state index in [4.69, 9.17) is 11.6 Å². The minimum Gasteiger partial charge on any atom is -0.349 e. The molecule has 23 heavy (non-hydrogen) atoms. The Hall–Kier alpha value is -1.85. The first-order valence-electron chi connectivity index (χ1n) is 7.15. The van der Waals surface area contributed by atoms with Crippen molar-refractivity contribution in [3.05, 3.63) is 70.7 Å². The second-order valence-electron chi connectivity index (χ2n) is 5.36. The van der Waals surface area contributed by atoms with Crippen molar-refractivity contribution >= 4 is 27.3 Å². The van der Waals surface area contributed by atoms with Gasteiger partial charge in [-0.25, -0.2) is 8.42 Å². The van der Waals surface area contributed by atoms with Crippen LogP contribution in [0.3, 0.4) is 0 Å². The summed E-state index contributed by atoms with van der Waals surface area (Å²) in [5.41, 5.74) is 1.54. The van der Waals surface area contributed by atoms with Gasteiger partial charge in [-0.3, -0.25) is 4.79 Å². The Morgan fingerprint density at radius 2 is 1.70 bits per heavy atom. The molecule has 1 atom stereocenters. The van der Waals surface area contributed by atoms with E-state index >= 15 is 0 Å². The molecule has 1 N–H and O–H groups in total. The van der Waals surface area contributed by atoms with E-state index in [0.29, 0.717) is 10.6 Å². The summed E-state index contributed by atoms with van der Waals surface area (Å²) < 4.78 is 24.2. The molecule has 4 nitrogen and oxygen atoms in total. The first-order valence-corrected chi connectivity index (χ1v) is 9.35. The molecule has 0 aliphatic heterocycles. The smallest absolute Gasteiger partial charge is 0.235 e. The minimum atomic E-state index is -3.53. The van der Waals surface area contributed by atoms with E-state index in [2.05, 4.69) is 5.32 Å². The predicted octanol–water partition coefficient (Wildman–Crippen LogP) is 3.13. The van der Waals surface area contributed by atoms with Crippen LogP contribution in [0.15, 0.2) is 54.6 Å². The Bertz CT molecular complexity index is 758. The lowest BCUT2D eigenvalue weighted by molar-refractivity contribution is -0.119. The Kier molecular flexibility index (Phi) is 5.80. The Morgan fingerprint density at radius 3 is 2.30 bits per heavy atom. The molecule has 1 unspecified atom stereocenters. The van der Waals surface area contributed by atoms with Gasteiger partial charge >= 0.3 is 0 Å². The van der Waals surface area contributed by atoms with Crippen LogP contribution in [0, 0.1) is 0 Å². The lowest BCUT2D eigenvalue weighted by Gasteiger charge is -2.14. The zero-order valence-corrected chi connectivity index (χ0v) is 14.3. The summed E-state index contributed by atoms with van der Waals surface area (Å²) in [5.74, 6) is -1.22. The molecule has 0 heterocycles. The molecule has 0 aliphatic carbocycles. The van der Waals surface area contributed by atoms with Gasteiger partial charge in [0.25, 0.3) is 0 Å². The Morgan fingerprint density at radius 1 is 1.09 bits per heavy atom. The molecule has 0 aromatic heterocycles. The van der Waals surface area contributed by atoms with Crippen LogP contribution in [-0.2, 0) is 20.4 Å². The van der Waals surface area contributed by atoms with E-state index in [0.717, 1.165) is 5.56 Å². The number of hydrogen-bond acceptors (Lipinski definition) is 3. The Balaban J connectivity index is 1.94. The van der Waals surface area contributed by atoms with Gasteiger partial charge in [0.05, 0.1) is 11.8 Å². The van der Waals surface area contributed by atoms with Crippen LogP contribution >= 0.6 is 11.6 Å². The quantitative estimate of drug-likeness (QED) is 0.869. The standard InChI is InChI=1S/C17H18ClNO3S/c1-13(15-5-3-2-4-6-15)19-17(20)12-23(21,22)11-14-7-9-16(18)10-8-14/h2-10,13H,11-12H2,1H3,(H,19,20). The third-order valence-corrected chi connectivity index (χ3v) is 5.06. The highest BCUT2D eigenvalue weighted by Gasteiger charge is 2.19. The maximum absolute atomic E-state index is 12.1. The van der Waals surface area contributed by atoms with Crippen LogP contribution in [0.5, 0.6) is 0 Å². The summed E-state index contributed by atoms with van der Waals surface area (Å²) in [6.07, 6.45) is 0. The van der Waals surface area contributed by atoms with Gasteiger partial charge in [-0.1, -0.05) is 54.1 Å². The van der Waals surface area contributed by atoms with Crippen molar-refractivity contribution in [2.24, 2.45) is 0 Å². The topological polar surface area (TPSA) is 63.2 Å². The summed E-state index contributed by atoms with van der Waals surface area (Å²) in [6.45, 7) is 1.82. The van der Waals surface area contributed by atoms with Crippen molar-refractivity contribution < 1.29 is 13.2 Å². The molecule has 122 valence electrons. The normalized spacial score (nSPS) is 12.6. The first kappa shape index (κ1) is 17.5. The number of halogens is 1. The monoisotopic (exact) mass is 351 g/mol. The van der Waals surface area contributed by atoms with Crippen LogP contribution in [0.2, 0.25) is 5.02 Å². The summed E-state index contributed by atoms with van der Waals surface area (Å²) in [6, 6.07) is 15.7. The number of carbonyl (C=O) groups is 1. The van der Waals surface area contributed by atoms with E-state index < -0.39 is 21.5 Å². The lowest BCUT2D eigenvalue weighted by atomic mass is 10.1. The fourth-order valence-corrected chi connectivity index (χ4v) is 3.60. The molecule has 0 saturated heterocycles. The molecule has 0 radical (unpaired) electrons. The number of carbonyl (C=O) groups excluding carboxylic acids is 1. The number of benzene rings is 2. The highest BCUT2D eigenvalue weighted by atomic mass is 35.5. The number of rotatable bonds is 6. The molecule has 0 bridgehead atoms. The molecule has 0 saturated carbocycles. The van der Waals surface area contributed by atoms with Crippen LogP contribution in [0.25, 0.3) is 0 Å². The molecule has 2 rings (SSSR count). The summed E-state index contributed by atoms with van der Waals surface area (Å²) in [5, 5.41) is 3.25. The largest absolute Gasteiger partial charge is 0.349 e. The number of hydrogen-bond donors (Lipinski definition) is 1. The third kappa shape index (κ3) is 5.69. The highest BCUT2D eigenvalue weighted by molar-refractivity contribution is 7.91. The van der Waals surface area contributed by atoms with E-state index in [1.165, 1.54) is 0 Å². The van der Waals surface area contributed by atoms with Gasteiger partial charge in [-0.2, -0.15) is 0 Å². The van der Waals surface area contributed by atoms with Crippen molar-refractivity contribution in [1.82, 2.24) is 5.32 Å². The van der Waals surface area contributed by atoms with Crippen molar-refractivity contribution in [3.63, 3.8) is 0 Å². The predicted molar refractivity (Wildman–Crippen MR) is 91.9 cm³/mol. The number of sulfone groups is 1. The van der Waals surface area contributed by atoms with Crippen LogP contribution < -0.4 is 5.32 Å². The zero-order valence-electron chi connectivity index (χ0n) is 12.7. The van der Waals surface area contributed by atoms with Gasteiger partial charge in [0.1, 0.15) is 5.75 Å². The number of amides is 1. The molecule has 2 aromatic rings. The van der Waals surface area contributed by atoms with Crippen molar-refractivity contribution in [2.45, 2.75) is 18.7 Å². The molecular formula is C17H18ClNO3S. The maximum Gasteiger partial charge on any atom is 0.235 e. The molecule has 0 aliphatic rings. The molecule has 0 fully saturated rings. The second-order valence-corrected chi connectivity index (χ2v) is 7.86. The SMILES string of the molecule is CC(NC(=O)CS(=O)(=O)Cc1ccc(Cl)cc1)c1ccccc1. The fraction of sp³-hybridized carbons (Fsp3) is 0.235. The molecule has 1 amide bonds. The summed E-state index contributed by atoms with van der Waals surface area (Å²) in [7, 11) is -3.53. The third-order valence-electron chi connectivity index (χ3n) is 3.33. The summed E-state index contributed by atoms with van der Waals surface area (Å²) >= 11 is 5.77. The van der Waals surface area contributed by atoms with Crippen molar-refractivity contribution in [2.75, 3.05) is 5.75 Å². The van der Waals surface area contributed by atoms with Crippen LogP contribution in [0.4, 0.5) is 0 Å².